The van der Waals surface area contributed by atoms with E-state index in [1.807, 2.05) is 12.1 Å². The van der Waals surface area contributed by atoms with Gasteiger partial charge >= 0.3 is 0 Å². The minimum Gasteiger partial charge on any atom is -0.488 e. The van der Waals surface area contributed by atoms with Crippen LogP contribution in [-0.2, 0) is 13.0 Å². The minimum absolute atomic E-state index is 0.166. The van der Waals surface area contributed by atoms with Crippen LogP contribution in [0, 0.1) is 5.82 Å². The van der Waals surface area contributed by atoms with Crippen LogP contribution >= 0.6 is 15.9 Å². The van der Waals surface area contributed by atoms with E-state index in [4.69, 9.17) is 4.74 Å². The van der Waals surface area contributed by atoms with Crippen LogP contribution in [-0.4, -0.2) is 5.78 Å². The SMILES string of the molecule is O=C1CCc2cc3c(cc21)OCc1cc(Br)c(F)cc1-3. The number of ketones is 1. The van der Waals surface area contributed by atoms with Crippen LogP contribution in [0.3, 0.4) is 0 Å². The Labute approximate surface area is 123 Å². The minimum atomic E-state index is -0.284. The number of fused-ring (bicyclic) bond motifs is 4. The van der Waals surface area contributed by atoms with Gasteiger partial charge in [0.2, 0.25) is 0 Å². The first-order valence-electron chi connectivity index (χ1n) is 6.44. The summed E-state index contributed by atoms with van der Waals surface area (Å²) in [6, 6.07) is 7.07. The molecule has 100 valence electrons. The highest BCUT2D eigenvalue weighted by molar-refractivity contribution is 9.10. The quantitative estimate of drug-likeness (QED) is 0.719. The molecule has 0 amide bonds. The molecule has 2 aliphatic rings. The molecule has 2 nitrogen and oxygen atoms in total. The highest BCUT2D eigenvalue weighted by Gasteiger charge is 2.26. The van der Waals surface area contributed by atoms with Gasteiger partial charge in [0.15, 0.2) is 5.78 Å². The van der Waals surface area contributed by atoms with Gasteiger partial charge in [-0.1, -0.05) is 0 Å². The molecular weight excluding hydrogens is 323 g/mol. The number of hydrogen-bond donors (Lipinski definition) is 0. The molecule has 0 radical (unpaired) electrons. The molecule has 0 aromatic heterocycles. The van der Waals surface area contributed by atoms with Crippen molar-refractivity contribution < 1.29 is 13.9 Å². The zero-order chi connectivity index (χ0) is 13.9. The van der Waals surface area contributed by atoms with Crippen molar-refractivity contribution in [1.29, 1.82) is 0 Å². The monoisotopic (exact) mass is 332 g/mol. The molecule has 0 saturated carbocycles. The summed E-state index contributed by atoms with van der Waals surface area (Å²) in [6.07, 6.45) is 1.32. The van der Waals surface area contributed by atoms with E-state index in [0.717, 1.165) is 34.2 Å². The second-order valence-corrected chi connectivity index (χ2v) is 6.00. The topological polar surface area (TPSA) is 26.3 Å². The second kappa shape index (κ2) is 4.16. The molecule has 4 rings (SSSR count). The summed E-state index contributed by atoms with van der Waals surface area (Å²) in [5, 5.41) is 0. The van der Waals surface area contributed by atoms with Gasteiger partial charge < -0.3 is 4.74 Å². The zero-order valence-corrected chi connectivity index (χ0v) is 12.1. The molecule has 2 aromatic carbocycles. The summed E-state index contributed by atoms with van der Waals surface area (Å²) in [7, 11) is 0. The van der Waals surface area contributed by atoms with Gasteiger partial charge in [-0.25, -0.2) is 4.39 Å². The molecule has 1 heterocycles. The average Bonchev–Trinajstić information content (AvgIpc) is 2.79. The normalized spacial score (nSPS) is 15.4. The summed E-state index contributed by atoms with van der Waals surface area (Å²) < 4.78 is 20.0. The van der Waals surface area contributed by atoms with E-state index in [-0.39, 0.29) is 11.6 Å². The molecule has 20 heavy (non-hydrogen) atoms. The number of aryl methyl sites for hydroxylation is 1. The largest absolute Gasteiger partial charge is 0.488 e. The summed E-state index contributed by atoms with van der Waals surface area (Å²) >= 11 is 3.20. The summed E-state index contributed by atoms with van der Waals surface area (Å²) in [4.78, 5) is 11.8. The van der Waals surface area contributed by atoms with Gasteiger partial charge in [-0.15, -0.1) is 0 Å². The average molecular weight is 333 g/mol. The smallest absolute Gasteiger partial charge is 0.163 e. The van der Waals surface area contributed by atoms with Gasteiger partial charge in [0.1, 0.15) is 18.2 Å². The Hall–Kier alpha value is -1.68. The molecule has 0 bridgehead atoms. The predicted octanol–water partition coefficient (Wildman–Crippen LogP) is 4.28. The summed E-state index contributed by atoms with van der Waals surface area (Å²) in [6.45, 7) is 0.397. The number of benzene rings is 2. The summed E-state index contributed by atoms with van der Waals surface area (Å²) in [5.41, 5.74) is 4.48. The van der Waals surface area contributed by atoms with Crippen LogP contribution in [0.5, 0.6) is 5.75 Å². The van der Waals surface area contributed by atoms with E-state index in [1.54, 1.807) is 6.07 Å². The number of carbonyl (C=O) groups is 1. The Balaban J connectivity index is 1.96. The number of ether oxygens (including phenoxy) is 1. The third-order valence-electron chi connectivity index (χ3n) is 3.95. The molecular formula is C16H10BrFO2. The fraction of sp³-hybridized carbons (Fsp3) is 0.188. The molecule has 0 unspecified atom stereocenters. The maximum absolute atomic E-state index is 13.8. The van der Waals surface area contributed by atoms with Gasteiger partial charge in [0.25, 0.3) is 0 Å². The van der Waals surface area contributed by atoms with Gasteiger partial charge in [-0.05, 0) is 63.3 Å². The van der Waals surface area contributed by atoms with E-state index in [9.17, 15) is 9.18 Å². The molecule has 1 aliphatic carbocycles. The molecule has 2 aromatic rings. The van der Waals surface area contributed by atoms with Crippen LogP contribution in [0.4, 0.5) is 4.39 Å². The predicted molar refractivity (Wildman–Crippen MR) is 76.5 cm³/mol. The lowest BCUT2D eigenvalue weighted by Crippen LogP contribution is -2.07. The lowest BCUT2D eigenvalue weighted by Gasteiger charge is -2.22. The number of halogens is 2. The van der Waals surface area contributed by atoms with Crippen molar-refractivity contribution in [2.45, 2.75) is 19.4 Å². The van der Waals surface area contributed by atoms with Crippen molar-refractivity contribution in [2.75, 3.05) is 0 Å². The fourth-order valence-electron chi connectivity index (χ4n) is 2.92. The molecule has 0 fully saturated rings. The van der Waals surface area contributed by atoms with E-state index in [1.165, 1.54) is 6.07 Å². The van der Waals surface area contributed by atoms with E-state index in [2.05, 4.69) is 15.9 Å². The van der Waals surface area contributed by atoms with Crippen molar-refractivity contribution in [1.82, 2.24) is 0 Å². The first kappa shape index (κ1) is 12.1. The highest BCUT2D eigenvalue weighted by atomic mass is 79.9. The van der Waals surface area contributed by atoms with Crippen LogP contribution < -0.4 is 4.74 Å². The van der Waals surface area contributed by atoms with Gasteiger partial charge in [0, 0.05) is 17.5 Å². The Kier molecular flexibility index (Phi) is 2.51. The Morgan fingerprint density at radius 2 is 1.85 bits per heavy atom. The second-order valence-electron chi connectivity index (χ2n) is 5.14. The molecule has 0 saturated heterocycles. The highest BCUT2D eigenvalue weighted by Crippen LogP contribution is 2.42. The zero-order valence-electron chi connectivity index (χ0n) is 10.5. The van der Waals surface area contributed by atoms with Crippen molar-refractivity contribution in [2.24, 2.45) is 0 Å². The standard InChI is InChI=1S/C16H10BrFO2/c17-13-4-9-7-20-16-6-11-8(1-2-15(11)19)3-12(16)10(9)5-14(13)18/h3-6H,1-2,7H2. The molecule has 0 spiro atoms. The summed E-state index contributed by atoms with van der Waals surface area (Å²) in [5.74, 6) is 0.556. The molecule has 1 aliphatic heterocycles. The Bertz CT molecular complexity index is 768. The lowest BCUT2D eigenvalue weighted by molar-refractivity contribution is 0.0994. The van der Waals surface area contributed by atoms with E-state index >= 15 is 0 Å². The molecule has 4 heteroatoms. The molecule has 0 N–H and O–H groups in total. The third kappa shape index (κ3) is 1.64. The number of Topliss-reactive ketones (excluding diaryl/α,β-unsaturated/α-hetero) is 1. The first-order chi connectivity index (χ1) is 9.63. The van der Waals surface area contributed by atoms with Crippen molar-refractivity contribution in [3.8, 4) is 16.9 Å². The third-order valence-corrected chi connectivity index (χ3v) is 4.55. The first-order valence-corrected chi connectivity index (χ1v) is 7.24. The van der Waals surface area contributed by atoms with Crippen LogP contribution in [0.15, 0.2) is 28.7 Å². The maximum Gasteiger partial charge on any atom is 0.163 e. The van der Waals surface area contributed by atoms with Crippen molar-refractivity contribution in [3.05, 3.63) is 51.2 Å². The number of carbonyl (C=O) groups excluding carboxylic acids is 1. The lowest BCUT2D eigenvalue weighted by atomic mass is 9.94. The van der Waals surface area contributed by atoms with Gasteiger partial charge in [-0.2, -0.15) is 0 Å². The van der Waals surface area contributed by atoms with Crippen LogP contribution in [0.2, 0.25) is 0 Å². The van der Waals surface area contributed by atoms with E-state index in [0.29, 0.717) is 23.2 Å². The van der Waals surface area contributed by atoms with Crippen molar-refractivity contribution >= 4 is 21.7 Å². The van der Waals surface area contributed by atoms with Crippen molar-refractivity contribution in [3.63, 3.8) is 0 Å². The van der Waals surface area contributed by atoms with Crippen LogP contribution in [0.25, 0.3) is 11.1 Å². The number of rotatable bonds is 0. The number of hydrogen-bond acceptors (Lipinski definition) is 2. The Morgan fingerprint density at radius 3 is 2.70 bits per heavy atom. The van der Waals surface area contributed by atoms with Gasteiger partial charge in [0.05, 0.1) is 4.47 Å². The van der Waals surface area contributed by atoms with Gasteiger partial charge in [-0.3, -0.25) is 4.79 Å². The fourth-order valence-corrected chi connectivity index (χ4v) is 3.31. The maximum atomic E-state index is 13.8. The molecule has 0 atom stereocenters. The van der Waals surface area contributed by atoms with Crippen LogP contribution in [0.1, 0.15) is 27.9 Å². The van der Waals surface area contributed by atoms with E-state index < -0.39 is 0 Å². The Morgan fingerprint density at radius 1 is 1.00 bits per heavy atom.